The van der Waals surface area contributed by atoms with E-state index in [2.05, 4.69) is 25.9 Å². The summed E-state index contributed by atoms with van der Waals surface area (Å²) >= 11 is 0. The van der Waals surface area contributed by atoms with Crippen molar-refractivity contribution in [3.63, 3.8) is 0 Å². The standard InChI is InChI=1S/C22H31NO4/c1-6-22(5)26-20(23-27-22)17-9-7-8-10-18(17)21(24)25-19-13-15(4)11-12-16(19)14(2)3/h7-10,14-16,19H,6,11-13H2,1-5H3/t15-,16+,19-,22?/m0/s1. The molecular formula is C22H31NO4. The molecule has 2 aliphatic rings. The molecule has 1 aromatic carbocycles. The Labute approximate surface area is 162 Å². The SMILES string of the molecule is CCC1(C)ON=C(c2ccccc2C(=O)O[C@H]2C[C@@H](C)CC[C@@H]2C(C)C)O1. The fourth-order valence-electron chi connectivity index (χ4n) is 3.92. The molecule has 0 saturated heterocycles. The quantitative estimate of drug-likeness (QED) is 0.671. The Kier molecular flexibility index (Phi) is 5.78. The molecule has 0 bridgehead atoms. The fourth-order valence-corrected chi connectivity index (χ4v) is 3.92. The molecule has 1 aliphatic heterocycles. The van der Waals surface area contributed by atoms with Crippen LogP contribution in [0.4, 0.5) is 0 Å². The number of rotatable bonds is 5. The van der Waals surface area contributed by atoms with Crippen LogP contribution in [0, 0.1) is 17.8 Å². The van der Waals surface area contributed by atoms with Gasteiger partial charge in [-0.1, -0.05) is 46.2 Å². The van der Waals surface area contributed by atoms with Crippen molar-refractivity contribution in [3.05, 3.63) is 35.4 Å². The van der Waals surface area contributed by atoms with Crippen LogP contribution in [0.2, 0.25) is 0 Å². The lowest BCUT2D eigenvalue weighted by Crippen LogP contribution is -2.36. The second-order valence-electron chi connectivity index (χ2n) is 8.39. The maximum atomic E-state index is 13.0. The van der Waals surface area contributed by atoms with Gasteiger partial charge in [0, 0.05) is 13.3 Å². The first-order valence-corrected chi connectivity index (χ1v) is 10.1. The smallest absolute Gasteiger partial charge is 0.339 e. The van der Waals surface area contributed by atoms with Gasteiger partial charge in [-0.25, -0.2) is 4.79 Å². The van der Waals surface area contributed by atoms with E-state index in [1.807, 2.05) is 32.0 Å². The van der Waals surface area contributed by atoms with Crippen LogP contribution in [0.1, 0.15) is 76.2 Å². The van der Waals surface area contributed by atoms with Crippen LogP contribution in [-0.2, 0) is 14.3 Å². The molecule has 1 aliphatic carbocycles. The summed E-state index contributed by atoms with van der Waals surface area (Å²) in [7, 11) is 0. The summed E-state index contributed by atoms with van der Waals surface area (Å²) < 4.78 is 11.9. The molecule has 0 radical (unpaired) electrons. The van der Waals surface area contributed by atoms with Gasteiger partial charge in [-0.3, -0.25) is 0 Å². The number of hydrogen-bond acceptors (Lipinski definition) is 5. The van der Waals surface area contributed by atoms with Gasteiger partial charge in [0.2, 0.25) is 0 Å². The van der Waals surface area contributed by atoms with Crippen LogP contribution in [0.25, 0.3) is 0 Å². The van der Waals surface area contributed by atoms with E-state index >= 15 is 0 Å². The minimum Gasteiger partial charge on any atom is -0.458 e. The topological polar surface area (TPSA) is 57.1 Å². The average molecular weight is 373 g/mol. The van der Waals surface area contributed by atoms with E-state index < -0.39 is 5.79 Å². The lowest BCUT2D eigenvalue weighted by atomic mass is 9.75. The number of benzene rings is 1. The molecule has 1 heterocycles. The number of carbonyl (C=O) groups is 1. The van der Waals surface area contributed by atoms with Crippen molar-refractivity contribution in [2.24, 2.45) is 22.9 Å². The largest absolute Gasteiger partial charge is 0.458 e. The fraction of sp³-hybridized carbons (Fsp3) is 0.636. The lowest BCUT2D eigenvalue weighted by Gasteiger charge is -2.36. The minimum absolute atomic E-state index is 0.0436. The second kappa shape index (κ2) is 7.91. The Hall–Kier alpha value is -2.04. The number of nitrogens with zero attached hydrogens (tertiary/aromatic N) is 1. The van der Waals surface area contributed by atoms with E-state index in [0.29, 0.717) is 41.2 Å². The Morgan fingerprint density at radius 2 is 2.07 bits per heavy atom. The number of esters is 1. The first kappa shape index (κ1) is 19.7. The zero-order chi connectivity index (χ0) is 19.6. The van der Waals surface area contributed by atoms with E-state index in [-0.39, 0.29) is 12.1 Å². The highest BCUT2D eigenvalue weighted by Gasteiger charge is 2.37. The summed E-state index contributed by atoms with van der Waals surface area (Å²) in [5.74, 6) is 0.717. The van der Waals surface area contributed by atoms with E-state index in [1.54, 1.807) is 6.07 Å². The van der Waals surface area contributed by atoms with Crippen molar-refractivity contribution in [3.8, 4) is 0 Å². The van der Waals surface area contributed by atoms with Gasteiger partial charge < -0.3 is 14.3 Å². The Morgan fingerprint density at radius 3 is 2.74 bits per heavy atom. The van der Waals surface area contributed by atoms with Gasteiger partial charge in [0.15, 0.2) is 0 Å². The average Bonchev–Trinajstić information content (AvgIpc) is 3.04. The molecule has 1 unspecified atom stereocenters. The van der Waals surface area contributed by atoms with Crippen molar-refractivity contribution in [2.45, 2.75) is 72.2 Å². The van der Waals surface area contributed by atoms with Crippen molar-refractivity contribution in [1.82, 2.24) is 0 Å². The summed E-state index contributed by atoms with van der Waals surface area (Å²) in [6.45, 7) is 10.4. The van der Waals surface area contributed by atoms with Crippen LogP contribution in [0.5, 0.6) is 0 Å². The predicted molar refractivity (Wildman–Crippen MR) is 104 cm³/mol. The normalized spacial score (nSPS) is 30.4. The van der Waals surface area contributed by atoms with Crippen LogP contribution in [0.15, 0.2) is 29.4 Å². The Balaban J connectivity index is 1.79. The van der Waals surface area contributed by atoms with Gasteiger partial charge in [0.25, 0.3) is 11.7 Å². The van der Waals surface area contributed by atoms with Crippen LogP contribution in [0.3, 0.4) is 0 Å². The number of carbonyl (C=O) groups excluding carboxylic acids is 1. The molecule has 1 fully saturated rings. The predicted octanol–water partition coefficient (Wildman–Crippen LogP) is 5.14. The monoisotopic (exact) mass is 373 g/mol. The highest BCUT2D eigenvalue weighted by molar-refractivity contribution is 6.05. The summed E-state index contributed by atoms with van der Waals surface area (Å²) in [4.78, 5) is 18.4. The highest BCUT2D eigenvalue weighted by Crippen LogP contribution is 2.36. The summed E-state index contributed by atoms with van der Waals surface area (Å²) in [5, 5.41) is 4.06. The van der Waals surface area contributed by atoms with E-state index in [9.17, 15) is 4.79 Å². The van der Waals surface area contributed by atoms with Crippen LogP contribution >= 0.6 is 0 Å². The van der Waals surface area contributed by atoms with Crippen molar-refractivity contribution >= 4 is 11.9 Å². The molecule has 3 rings (SSSR count). The third-order valence-electron chi connectivity index (χ3n) is 5.87. The highest BCUT2D eigenvalue weighted by atomic mass is 16.8. The Morgan fingerprint density at radius 1 is 1.33 bits per heavy atom. The zero-order valence-electron chi connectivity index (χ0n) is 17.0. The Bertz CT molecular complexity index is 714. The molecule has 0 amide bonds. The molecule has 1 aromatic rings. The van der Waals surface area contributed by atoms with Gasteiger partial charge in [-0.05, 0) is 47.9 Å². The molecule has 4 atom stereocenters. The molecule has 0 aromatic heterocycles. The minimum atomic E-state index is -0.784. The zero-order valence-corrected chi connectivity index (χ0v) is 17.0. The van der Waals surface area contributed by atoms with Gasteiger partial charge in [0.1, 0.15) is 6.10 Å². The number of ether oxygens (including phenoxy) is 2. The third-order valence-corrected chi connectivity index (χ3v) is 5.87. The first-order chi connectivity index (χ1) is 12.8. The number of hydrogen-bond donors (Lipinski definition) is 0. The molecule has 0 N–H and O–H groups in total. The third kappa shape index (κ3) is 4.28. The number of oxime groups is 1. The molecule has 0 spiro atoms. The summed E-state index contributed by atoms with van der Waals surface area (Å²) in [5.41, 5.74) is 1.09. The molecule has 5 heteroatoms. The van der Waals surface area contributed by atoms with Gasteiger partial charge in [0.05, 0.1) is 11.1 Å². The van der Waals surface area contributed by atoms with Crippen LogP contribution in [-0.4, -0.2) is 23.8 Å². The van der Waals surface area contributed by atoms with Gasteiger partial charge in [-0.15, -0.1) is 0 Å². The van der Waals surface area contributed by atoms with Crippen LogP contribution < -0.4 is 0 Å². The first-order valence-electron chi connectivity index (χ1n) is 10.1. The van der Waals surface area contributed by atoms with E-state index in [4.69, 9.17) is 14.3 Å². The van der Waals surface area contributed by atoms with Gasteiger partial charge >= 0.3 is 5.97 Å². The summed E-state index contributed by atoms with van der Waals surface area (Å²) in [6.07, 6.45) is 3.84. The summed E-state index contributed by atoms with van der Waals surface area (Å²) in [6, 6.07) is 7.28. The molecular weight excluding hydrogens is 342 g/mol. The molecule has 27 heavy (non-hydrogen) atoms. The maximum Gasteiger partial charge on any atom is 0.339 e. The molecule has 5 nitrogen and oxygen atoms in total. The molecule has 148 valence electrons. The molecule has 1 saturated carbocycles. The lowest BCUT2D eigenvalue weighted by molar-refractivity contribution is -0.146. The second-order valence-corrected chi connectivity index (χ2v) is 8.39. The van der Waals surface area contributed by atoms with Crippen molar-refractivity contribution in [1.29, 1.82) is 0 Å². The van der Waals surface area contributed by atoms with Crippen molar-refractivity contribution in [2.75, 3.05) is 0 Å². The van der Waals surface area contributed by atoms with Crippen molar-refractivity contribution < 1.29 is 19.1 Å². The maximum absolute atomic E-state index is 13.0. The van der Waals surface area contributed by atoms with Gasteiger partial charge in [-0.2, -0.15) is 0 Å². The van der Waals surface area contributed by atoms with E-state index in [0.717, 1.165) is 12.8 Å². The van der Waals surface area contributed by atoms with E-state index in [1.165, 1.54) is 6.42 Å².